The van der Waals surface area contributed by atoms with Crippen LogP contribution in [0.5, 0.6) is 0 Å². The predicted octanol–water partition coefficient (Wildman–Crippen LogP) is 4.45. The van der Waals surface area contributed by atoms with Crippen LogP contribution in [0.15, 0.2) is 97.6 Å². The topological polar surface area (TPSA) is 82.5 Å². The van der Waals surface area contributed by atoms with Crippen molar-refractivity contribution < 1.29 is 0 Å². The summed E-state index contributed by atoms with van der Waals surface area (Å²) in [7, 11) is 0. The highest BCUT2D eigenvalue weighted by Gasteiger charge is 2.14. The molecule has 0 amide bonds. The summed E-state index contributed by atoms with van der Waals surface area (Å²) in [5.74, 6) is 7.63. The fourth-order valence-electron chi connectivity index (χ4n) is 3.45. The van der Waals surface area contributed by atoms with Crippen LogP contribution in [0, 0.1) is 0 Å². The Morgan fingerprint density at radius 1 is 0.500 bits per heavy atom. The molecule has 5 rings (SSSR count). The van der Waals surface area contributed by atoms with Gasteiger partial charge in [0.05, 0.1) is 0 Å². The molecular formula is C24H18N6. The normalized spacial score (nSPS) is 10.8. The molecule has 0 unspecified atom stereocenters. The summed E-state index contributed by atoms with van der Waals surface area (Å²) in [5, 5.41) is 8.73. The maximum Gasteiger partial charge on any atom is 0.182 e. The summed E-state index contributed by atoms with van der Waals surface area (Å²) >= 11 is 0. The number of hydrogen-bond donors (Lipinski definition) is 1. The number of aromatic nitrogens is 5. The zero-order chi connectivity index (χ0) is 20.3. The van der Waals surface area contributed by atoms with Gasteiger partial charge < -0.3 is 5.84 Å². The minimum Gasteiger partial charge on any atom is -0.336 e. The van der Waals surface area contributed by atoms with E-state index in [0.29, 0.717) is 11.6 Å². The van der Waals surface area contributed by atoms with Crippen LogP contribution in [-0.4, -0.2) is 24.8 Å². The van der Waals surface area contributed by atoms with Crippen LogP contribution >= 0.6 is 0 Å². The molecule has 2 aromatic carbocycles. The van der Waals surface area contributed by atoms with Crippen LogP contribution in [0.2, 0.25) is 0 Å². The molecule has 6 heteroatoms. The maximum atomic E-state index is 6.42. The monoisotopic (exact) mass is 390 g/mol. The van der Waals surface area contributed by atoms with E-state index in [-0.39, 0.29) is 0 Å². The summed E-state index contributed by atoms with van der Waals surface area (Å²) in [6.07, 6.45) is 7.12. The van der Waals surface area contributed by atoms with E-state index in [1.807, 2.05) is 48.5 Å². The second-order valence-corrected chi connectivity index (χ2v) is 6.85. The van der Waals surface area contributed by atoms with Gasteiger partial charge in [0.2, 0.25) is 0 Å². The number of hydrogen-bond acceptors (Lipinski definition) is 5. The summed E-state index contributed by atoms with van der Waals surface area (Å²) in [5.41, 5.74) is 6.10. The molecule has 0 atom stereocenters. The second-order valence-electron chi connectivity index (χ2n) is 6.85. The Balaban J connectivity index is 1.53. The number of rotatable bonds is 4. The highest BCUT2D eigenvalue weighted by Crippen LogP contribution is 2.28. The molecule has 144 valence electrons. The summed E-state index contributed by atoms with van der Waals surface area (Å²) in [6, 6.07) is 24.1. The SMILES string of the molecule is Nn1c(-c2cccc(-c3ccncc3)c2)nnc1-c1cccc(-c2ccncc2)c1. The zero-order valence-corrected chi connectivity index (χ0v) is 16.1. The van der Waals surface area contributed by atoms with Crippen molar-refractivity contribution in [3.8, 4) is 45.0 Å². The Kier molecular flexibility index (Phi) is 4.50. The number of nitrogens with zero attached hydrogens (tertiary/aromatic N) is 5. The first-order valence-electron chi connectivity index (χ1n) is 9.52. The smallest absolute Gasteiger partial charge is 0.182 e. The molecule has 0 bridgehead atoms. The third-order valence-electron chi connectivity index (χ3n) is 4.96. The number of nitrogens with two attached hydrogens (primary N) is 1. The maximum absolute atomic E-state index is 6.42. The van der Waals surface area contributed by atoms with Gasteiger partial charge in [0.15, 0.2) is 11.6 Å². The van der Waals surface area contributed by atoms with Crippen LogP contribution in [0.3, 0.4) is 0 Å². The van der Waals surface area contributed by atoms with Crippen LogP contribution in [0.25, 0.3) is 45.0 Å². The van der Waals surface area contributed by atoms with E-state index in [1.165, 1.54) is 4.68 Å². The summed E-state index contributed by atoms with van der Waals surface area (Å²) in [4.78, 5) is 8.16. The quantitative estimate of drug-likeness (QED) is 0.459. The molecule has 3 heterocycles. The van der Waals surface area contributed by atoms with Crippen molar-refractivity contribution in [2.75, 3.05) is 5.84 Å². The van der Waals surface area contributed by atoms with Gasteiger partial charge in [-0.05, 0) is 58.7 Å². The van der Waals surface area contributed by atoms with Crippen LogP contribution < -0.4 is 5.84 Å². The van der Waals surface area contributed by atoms with Crippen molar-refractivity contribution in [2.24, 2.45) is 0 Å². The Bertz CT molecular complexity index is 1200. The number of pyridine rings is 2. The molecule has 2 N–H and O–H groups in total. The van der Waals surface area contributed by atoms with Gasteiger partial charge in [0.1, 0.15) is 0 Å². The van der Waals surface area contributed by atoms with E-state index in [9.17, 15) is 0 Å². The minimum absolute atomic E-state index is 0.607. The van der Waals surface area contributed by atoms with Crippen molar-refractivity contribution in [3.63, 3.8) is 0 Å². The van der Waals surface area contributed by atoms with Crippen LogP contribution in [-0.2, 0) is 0 Å². The predicted molar refractivity (Wildman–Crippen MR) is 118 cm³/mol. The fourth-order valence-corrected chi connectivity index (χ4v) is 3.45. The Labute approximate surface area is 173 Å². The molecule has 0 fully saturated rings. The minimum atomic E-state index is 0.607. The molecule has 3 aromatic heterocycles. The third kappa shape index (κ3) is 3.31. The third-order valence-corrected chi connectivity index (χ3v) is 4.96. The lowest BCUT2D eigenvalue weighted by Crippen LogP contribution is -2.12. The number of nitrogen functional groups attached to an aromatic ring is 1. The summed E-state index contributed by atoms with van der Waals surface area (Å²) in [6.45, 7) is 0. The van der Waals surface area contributed by atoms with Crippen molar-refractivity contribution in [2.45, 2.75) is 0 Å². The molecule has 0 saturated heterocycles. The largest absolute Gasteiger partial charge is 0.336 e. The van der Waals surface area contributed by atoms with Crippen LogP contribution in [0.1, 0.15) is 0 Å². The first-order valence-corrected chi connectivity index (χ1v) is 9.52. The fraction of sp³-hybridized carbons (Fsp3) is 0. The van der Waals surface area contributed by atoms with Gasteiger partial charge in [-0.1, -0.05) is 36.4 Å². The Morgan fingerprint density at radius 3 is 1.33 bits per heavy atom. The summed E-state index contributed by atoms with van der Waals surface area (Å²) < 4.78 is 1.54. The van der Waals surface area contributed by atoms with Gasteiger partial charge in [-0.15, -0.1) is 10.2 Å². The molecule has 30 heavy (non-hydrogen) atoms. The molecule has 0 aliphatic carbocycles. The molecule has 0 aliphatic heterocycles. The Hall–Kier alpha value is -4.32. The van der Waals surface area contributed by atoms with Crippen LogP contribution in [0.4, 0.5) is 0 Å². The lowest BCUT2D eigenvalue weighted by Gasteiger charge is -2.08. The lowest BCUT2D eigenvalue weighted by molar-refractivity contribution is 1.02. The molecule has 0 saturated carbocycles. The standard InChI is InChI=1S/C24H18N6/c25-30-23(21-5-1-3-19(15-21)17-7-11-26-12-8-17)28-29-24(30)22-6-2-4-20(16-22)18-9-13-27-14-10-18/h1-16H,25H2. The molecule has 0 aliphatic rings. The van der Waals surface area contributed by atoms with Crippen molar-refractivity contribution in [1.82, 2.24) is 24.8 Å². The molecule has 5 aromatic rings. The van der Waals surface area contributed by atoms with E-state index in [1.54, 1.807) is 24.8 Å². The number of benzene rings is 2. The van der Waals surface area contributed by atoms with Crippen molar-refractivity contribution in [1.29, 1.82) is 0 Å². The van der Waals surface area contributed by atoms with Gasteiger partial charge in [-0.3, -0.25) is 9.97 Å². The van der Waals surface area contributed by atoms with E-state index >= 15 is 0 Å². The van der Waals surface area contributed by atoms with Gasteiger partial charge in [0, 0.05) is 35.9 Å². The van der Waals surface area contributed by atoms with Gasteiger partial charge in [0.25, 0.3) is 0 Å². The first-order chi connectivity index (χ1) is 14.8. The van der Waals surface area contributed by atoms with Gasteiger partial charge in [-0.25, -0.2) is 4.68 Å². The van der Waals surface area contributed by atoms with Gasteiger partial charge in [-0.2, -0.15) is 0 Å². The zero-order valence-electron chi connectivity index (χ0n) is 16.1. The van der Waals surface area contributed by atoms with Gasteiger partial charge >= 0.3 is 0 Å². The molecule has 0 spiro atoms. The molecule has 6 nitrogen and oxygen atoms in total. The average molecular weight is 390 g/mol. The highest BCUT2D eigenvalue weighted by molar-refractivity contribution is 5.73. The van der Waals surface area contributed by atoms with E-state index < -0.39 is 0 Å². The van der Waals surface area contributed by atoms with Crippen molar-refractivity contribution in [3.05, 3.63) is 97.6 Å². The first kappa shape index (κ1) is 17.8. The lowest BCUT2D eigenvalue weighted by atomic mass is 10.0. The molecule has 0 radical (unpaired) electrons. The highest BCUT2D eigenvalue weighted by atomic mass is 15.4. The Morgan fingerprint density at radius 2 is 0.900 bits per heavy atom. The van der Waals surface area contributed by atoms with Crippen molar-refractivity contribution >= 4 is 0 Å². The van der Waals surface area contributed by atoms with E-state index in [0.717, 1.165) is 33.4 Å². The van der Waals surface area contributed by atoms with E-state index in [4.69, 9.17) is 5.84 Å². The second kappa shape index (κ2) is 7.60. The molecular weight excluding hydrogens is 372 g/mol. The average Bonchev–Trinajstić information content (AvgIpc) is 3.22. The van der Waals surface area contributed by atoms with E-state index in [2.05, 4.69) is 44.4 Å².